The van der Waals surface area contributed by atoms with E-state index in [-0.39, 0.29) is 18.5 Å². The highest BCUT2D eigenvalue weighted by Crippen LogP contribution is 2.18. The topological polar surface area (TPSA) is 95.9 Å². The molecule has 0 bridgehead atoms. The smallest absolute Gasteiger partial charge is 0.305 e. The van der Waals surface area contributed by atoms with E-state index in [0.717, 1.165) is 44.9 Å². The van der Waals surface area contributed by atoms with E-state index < -0.39 is 12.1 Å². The molecule has 0 aromatic carbocycles. The third-order valence-corrected chi connectivity index (χ3v) is 14.1. The maximum atomic E-state index is 12.5. The molecular weight excluding hydrogens is 815 g/mol. The second-order valence-corrected chi connectivity index (χ2v) is 20.7. The second-order valence-electron chi connectivity index (χ2n) is 20.7. The van der Waals surface area contributed by atoms with Gasteiger partial charge in [-0.05, 0) is 51.4 Å². The van der Waals surface area contributed by atoms with Gasteiger partial charge < -0.3 is 20.3 Å². The quantitative estimate of drug-likeness (QED) is 0.0321. The molecule has 6 heteroatoms. The van der Waals surface area contributed by atoms with Gasteiger partial charge in [-0.2, -0.15) is 0 Å². The number of allylic oxidation sites excluding steroid dienone is 2. The summed E-state index contributed by atoms with van der Waals surface area (Å²) in [6, 6.07) is -0.544. The number of amides is 1. The number of aliphatic hydroxyl groups is 2. The average molecular weight is 933 g/mol. The first-order chi connectivity index (χ1) is 32.5. The number of ether oxygens (including phenoxy) is 1. The van der Waals surface area contributed by atoms with Crippen molar-refractivity contribution in [2.45, 2.75) is 347 Å². The highest BCUT2D eigenvalue weighted by Gasteiger charge is 2.20. The molecule has 0 aliphatic rings. The molecule has 0 spiro atoms. The van der Waals surface area contributed by atoms with E-state index in [1.807, 2.05) is 0 Å². The molecule has 0 rings (SSSR count). The summed E-state index contributed by atoms with van der Waals surface area (Å²) >= 11 is 0. The fraction of sp³-hybridized carbons (Fsp3) is 0.933. The van der Waals surface area contributed by atoms with Crippen molar-refractivity contribution < 1.29 is 24.5 Å². The molecule has 1 amide bonds. The highest BCUT2D eigenvalue weighted by molar-refractivity contribution is 5.76. The van der Waals surface area contributed by atoms with Gasteiger partial charge in [-0.3, -0.25) is 9.59 Å². The Morgan fingerprint density at radius 1 is 0.409 bits per heavy atom. The normalized spacial score (nSPS) is 12.6. The van der Waals surface area contributed by atoms with Gasteiger partial charge in [0.05, 0.1) is 25.4 Å². The lowest BCUT2D eigenvalue weighted by molar-refractivity contribution is -0.143. The first-order valence-electron chi connectivity index (χ1n) is 29.9. The van der Waals surface area contributed by atoms with Crippen molar-refractivity contribution in [2.24, 2.45) is 0 Å². The lowest BCUT2D eigenvalue weighted by atomic mass is 10.0. The first kappa shape index (κ1) is 64.6. The molecule has 0 aromatic rings. The molecule has 0 saturated carbocycles. The molecule has 66 heavy (non-hydrogen) atoms. The van der Waals surface area contributed by atoms with Gasteiger partial charge in [0.25, 0.3) is 0 Å². The molecule has 0 fully saturated rings. The minimum absolute atomic E-state index is 0.000462. The van der Waals surface area contributed by atoms with Crippen molar-refractivity contribution in [3.05, 3.63) is 12.2 Å². The van der Waals surface area contributed by atoms with Gasteiger partial charge in [-0.15, -0.1) is 0 Å². The van der Waals surface area contributed by atoms with Crippen LogP contribution in [0.4, 0.5) is 0 Å². The van der Waals surface area contributed by atoms with Gasteiger partial charge in [-0.25, -0.2) is 0 Å². The number of carbonyl (C=O) groups excluding carboxylic acids is 2. The van der Waals surface area contributed by atoms with Gasteiger partial charge in [0.1, 0.15) is 0 Å². The van der Waals surface area contributed by atoms with Crippen molar-refractivity contribution >= 4 is 11.9 Å². The summed E-state index contributed by atoms with van der Waals surface area (Å²) in [5, 5.41) is 23.3. The van der Waals surface area contributed by atoms with Crippen molar-refractivity contribution in [3.8, 4) is 0 Å². The van der Waals surface area contributed by atoms with Crippen LogP contribution in [-0.2, 0) is 14.3 Å². The molecular formula is C60H117NO5. The predicted molar refractivity (Wildman–Crippen MR) is 287 cm³/mol. The van der Waals surface area contributed by atoms with Crippen molar-refractivity contribution in [1.82, 2.24) is 5.32 Å². The molecule has 0 aromatic heterocycles. The second kappa shape index (κ2) is 56.2. The zero-order valence-electron chi connectivity index (χ0n) is 44.7. The van der Waals surface area contributed by atoms with Crippen LogP contribution in [0.25, 0.3) is 0 Å². The number of carbonyl (C=O) groups is 2. The standard InChI is InChI=1S/C60H117NO5/c1-3-5-7-9-11-13-15-17-19-22-25-28-32-36-40-44-48-52-58(63)57(56-62)61-59(64)53-49-45-41-37-33-29-26-23-20-21-24-27-31-35-39-43-47-51-55-66-60(65)54-50-46-42-38-34-30-18-16-14-12-10-8-6-4-2/h16,18,57-58,62-63H,3-15,17,19-56H2,1-2H3,(H,61,64)/b18-16-. The van der Waals surface area contributed by atoms with Crippen LogP contribution >= 0.6 is 0 Å². The van der Waals surface area contributed by atoms with Crippen LogP contribution in [0.5, 0.6) is 0 Å². The van der Waals surface area contributed by atoms with E-state index in [0.29, 0.717) is 25.9 Å². The Bertz CT molecular complexity index is 986. The highest BCUT2D eigenvalue weighted by atomic mass is 16.5. The summed E-state index contributed by atoms with van der Waals surface area (Å²) in [4.78, 5) is 24.5. The molecule has 0 radical (unpaired) electrons. The molecule has 0 aliphatic heterocycles. The molecule has 0 heterocycles. The number of rotatable bonds is 56. The Morgan fingerprint density at radius 3 is 1.08 bits per heavy atom. The number of aliphatic hydroxyl groups excluding tert-OH is 2. The van der Waals surface area contributed by atoms with Gasteiger partial charge in [0, 0.05) is 12.8 Å². The van der Waals surface area contributed by atoms with Gasteiger partial charge in [0.2, 0.25) is 5.91 Å². The molecule has 392 valence electrons. The Labute approximate surface area is 412 Å². The summed E-state index contributed by atoms with van der Waals surface area (Å²) in [7, 11) is 0. The third-order valence-electron chi connectivity index (χ3n) is 14.1. The van der Waals surface area contributed by atoms with E-state index in [2.05, 4.69) is 31.3 Å². The molecule has 0 saturated heterocycles. The summed E-state index contributed by atoms with van der Waals surface area (Å²) < 4.78 is 5.47. The number of hydrogen-bond donors (Lipinski definition) is 3. The van der Waals surface area contributed by atoms with E-state index in [9.17, 15) is 19.8 Å². The van der Waals surface area contributed by atoms with E-state index in [1.165, 1.54) is 257 Å². The van der Waals surface area contributed by atoms with Crippen molar-refractivity contribution in [3.63, 3.8) is 0 Å². The van der Waals surface area contributed by atoms with Crippen LogP contribution in [-0.4, -0.2) is 47.4 Å². The Hall–Kier alpha value is -1.40. The maximum absolute atomic E-state index is 12.5. The SMILES string of the molecule is CCCCCCC/C=C\CCCCCCCC(=O)OCCCCCCCCCCCCCCCCCCCCC(=O)NC(CO)C(O)CCCCCCCCCCCCCCCCCCC. The predicted octanol–water partition coefficient (Wildman–Crippen LogP) is 18.5. The minimum atomic E-state index is -0.667. The number of nitrogens with one attached hydrogen (secondary N) is 1. The zero-order valence-corrected chi connectivity index (χ0v) is 44.7. The van der Waals surface area contributed by atoms with E-state index in [1.54, 1.807) is 0 Å². The van der Waals surface area contributed by atoms with Gasteiger partial charge in [-0.1, -0.05) is 283 Å². The Balaban J connectivity index is 3.40. The zero-order chi connectivity index (χ0) is 47.9. The molecule has 6 nitrogen and oxygen atoms in total. The van der Waals surface area contributed by atoms with E-state index >= 15 is 0 Å². The molecule has 2 atom stereocenters. The minimum Gasteiger partial charge on any atom is -0.466 e. The van der Waals surface area contributed by atoms with E-state index in [4.69, 9.17) is 4.74 Å². The largest absolute Gasteiger partial charge is 0.466 e. The van der Waals surface area contributed by atoms with Crippen LogP contribution in [0.1, 0.15) is 335 Å². The van der Waals surface area contributed by atoms with Gasteiger partial charge in [0.15, 0.2) is 0 Å². The Kier molecular flexibility index (Phi) is 55.0. The summed E-state index contributed by atoms with van der Waals surface area (Å²) in [6.07, 6.45) is 66.3. The lowest BCUT2D eigenvalue weighted by Crippen LogP contribution is -2.45. The number of hydrogen-bond acceptors (Lipinski definition) is 5. The van der Waals surface area contributed by atoms with Crippen LogP contribution in [0.2, 0.25) is 0 Å². The van der Waals surface area contributed by atoms with Crippen LogP contribution in [0, 0.1) is 0 Å². The monoisotopic (exact) mass is 932 g/mol. The number of unbranched alkanes of at least 4 members (excludes halogenated alkanes) is 43. The Morgan fingerprint density at radius 2 is 0.712 bits per heavy atom. The lowest BCUT2D eigenvalue weighted by Gasteiger charge is -2.22. The van der Waals surface area contributed by atoms with Crippen LogP contribution in [0.3, 0.4) is 0 Å². The average Bonchev–Trinajstić information content (AvgIpc) is 3.32. The fourth-order valence-electron chi connectivity index (χ4n) is 9.46. The first-order valence-corrected chi connectivity index (χ1v) is 29.9. The number of esters is 1. The summed E-state index contributed by atoms with van der Waals surface area (Å²) in [5.41, 5.74) is 0. The fourth-order valence-corrected chi connectivity index (χ4v) is 9.46. The third kappa shape index (κ3) is 52.0. The summed E-state index contributed by atoms with van der Waals surface area (Å²) in [6.45, 7) is 4.95. The summed E-state index contributed by atoms with van der Waals surface area (Å²) in [5.74, 6) is -0.0368. The maximum Gasteiger partial charge on any atom is 0.305 e. The van der Waals surface area contributed by atoms with Crippen molar-refractivity contribution in [2.75, 3.05) is 13.2 Å². The molecule has 0 aliphatic carbocycles. The van der Waals surface area contributed by atoms with Crippen LogP contribution < -0.4 is 5.32 Å². The van der Waals surface area contributed by atoms with Crippen LogP contribution in [0.15, 0.2) is 12.2 Å². The van der Waals surface area contributed by atoms with Gasteiger partial charge >= 0.3 is 5.97 Å². The molecule has 3 N–H and O–H groups in total. The molecule has 2 unspecified atom stereocenters. The van der Waals surface area contributed by atoms with Crippen molar-refractivity contribution in [1.29, 1.82) is 0 Å².